The van der Waals surface area contributed by atoms with Gasteiger partial charge < -0.3 is 14.7 Å². The number of carboxylic acid groups (broad SMARTS) is 1. The fourth-order valence-electron chi connectivity index (χ4n) is 3.83. The minimum atomic E-state index is -4.86. The number of fused-ring (bicyclic) bond motifs is 1. The molecule has 210 valence electrons. The average molecular weight is 569 g/mol. The first-order valence-corrected chi connectivity index (χ1v) is 12.4. The van der Waals surface area contributed by atoms with Gasteiger partial charge in [0.15, 0.2) is 0 Å². The van der Waals surface area contributed by atoms with Crippen LogP contribution in [-0.2, 0) is 11.0 Å². The summed E-state index contributed by atoms with van der Waals surface area (Å²) in [5.41, 5.74) is -2.13. The topological polar surface area (TPSA) is 53.0 Å². The van der Waals surface area contributed by atoms with Crippen LogP contribution < -0.4 is 9.64 Å². The third-order valence-corrected chi connectivity index (χ3v) is 7.22. The molecule has 2 aromatic carbocycles. The number of ether oxygens (including phenoxy) is 1. The molecule has 0 radical (unpaired) electrons. The fourth-order valence-corrected chi connectivity index (χ4v) is 4.88. The summed E-state index contributed by atoms with van der Waals surface area (Å²) in [7, 11) is 1.63. The highest BCUT2D eigenvalue weighted by Gasteiger charge is 2.39. The zero-order valence-corrected chi connectivity index (χ0v) is 21.6. The van der Waals surface area contributed by atoms with Gasteiger partial charge in [-0.05, 0) is 82.1 Å². The second kappa shape index (κ2) is 11.2. The Kier molecular flexibility index (Phi) is 8.81. The maximum Gasteiger partial charge on any atom is 0.420 e. The first kappa shape index (κ1) is 29.9. The van der Waals surface area contributed by atoms with Gasteiger partial charge >= 0.3 is 18.3 Å². The molecular weight excluding hydrogens is 541 g/mol. The van der Waals surface area contributed by atoms with Crippen LogP contribution in [0.25, 0.3) is 0 Å². The van der Waals surface area contributed by atoms with Crippen LogP contribution in [0.1, 0.15) is 38.7 Å². The van der Waals surface area contributed by atoms with Crippen molar-refractivity contribution in [1.29, 1.82) is 0 Å². The fraction of sp³-hybridized carbons (Fsp3) is 0.480. The normalized spacial score (nSPS) is 17.2. The molecule has 3 rings (SSSR count). The van der Waals surface area contributed by atoms with Gasteiger partial charge in [-0.3, -0.25) is 4.79 Å². The predicted molar refractivity (Wildman–Crippen MR) is 129 cm³/mol. The molecule has 1 N–H and O–H groups in total. The van der Waals surface area contributed by atoms with Crippen molar-refractivity contribution >= 4 is 29.3 Å². The number of hydrogen-bond donors (Lipinski definition) is 1. The number of anilines is 2. The Morgan fingerprint density at radius 2 is 1.74 bits per heavy atom. The van der Waals surface area contributed by atoms with Gasteiger partial charge in [0.2, 0.25) is 0 Å². The minimum absolute atomic E-state index is 0.0452. The molecule has 0 aromatic heterocycles. The molecule has 1 aliphatic heterocycles. The van der Waals surface area contributed by atoms with Gasteiger partial charge in [0.25, 0.3) is 0 Å². The van der Waals surface area contributed by atoms with Crippen molar-refractivity contribution in [3.05, 3.63) is 47.8 Å². The van der Waals surface area contributed by atoms with Crippen LogP contribution in [0.3, 0.4) is 0 Å². The van der Waals surface area contributed by atoms with Crippen LogP contribution in [0.5, 0.6) is 5.75 Å². The molecule has 1 atom stereocenters. The van der Waals surface area contributed by atoms with E-state index in [0.717, 1.165) is 36.2 Å². The Morgan fingerprint density at radius 3 is 2.29 bits per heavy atom. The molecule has 1 heterocycles. The molecule has 5 nitrogen and oxygen atoms in total. The zero-order valence-electron chi connectivity index (χ0n) is 20.8. The molecule has 0 amide bonds. The molecule has 13 heteroatoms. The van der Waals surface area contributed by atoms with E-state index in [1.807, 2.05) is 0 Å². The molecule has 1 aliphatic rings. The van der Waals surface area contributed by atoms with Gasteiger partial charge in [-0.2, -0.15) is 26.3 Å². The van der Waals surface area contributed by atoms with Gasteiger partial charge in [-0.1, -0.05) is 0 Å². The van der Waals surface area contributed by atoms with Gasteiger partial charge in [-0.15, -0.1) is 0 Å². The molecule has 0 saturated carbocycles. The number of hydrogen-bond acceptors (Lipinski definition) is 5. The summed E-state index contributed by atoms with van der Waals surface area (Å²) in [5.74, 6) is -2.38. The third kappa shape index (κ3) is 7.46. The monoisotopic (exact) mass is 568 g/mol. The number of benzene rings is 2. The SMILES string of the molecule is CN1Sc2cc(OCC(C)(C)C(=O)O)c(C(F)(F)F)cc2N(c2ccc(F)cc2)CC1CCCC(F)(F)F. The number of rotatable bonds is 8. The summed E-state index contributed by atoms with van der Waals surface area (Å²) in [6, 6.07) is 6.59. The van der Waals surface area contributed by atoms with E-state index in [9.17, 15) is 40.6 Å². The molecule has 0 aliphatic carbocycles. The van der Waals surface area contributed by atoms with E-state index < -0.39 is 59.9 Å². The van der Waals surface area contributed by atoms with Gasteiger partial charge in [0.1, 0.15) is 18.2 Å². The summed E-state index contributed by atoms with van der Waals surface area (Å²) in [6.45, 7) is 2.14. The smallest absolute Gasteiger partial charge is 0.420 e. The Balaban J connectivity index is 2.07. The first-order chi connectivity index (χ1) is 17.5. The molecule has 2 aromatic rings. The Hall–Kier alpha value is -2.67. The third-order valence-electron chi connectivity index (χ3n) is 6.11. The van der Waals surface area contributed by atoms with E-state index >= 15 is 0 Å². The number of aliphatic carboxylic acids is 1. The molecule has 38 heavy (non-hydrogen) atoms. The maximum absolute atomic E-state index is 14.1. The van der Waals surface area contributed by atoms with Crippen LogP contribution in [0.15, 0.2) is 41.3 Å². The minimum Gasteiger partial charge on any atom is -0.492 e. The maximum atomic E-state index is 14.1. The second-order valence-electron chi connectivity index (χ2n) is 9.68. The highest BCUT2D eigenvalue weighted by molar-refractivity contribution is 7.97. The largest absolute Gasteiger partial charge is 0.492 e. The Bertz CT molecular complexity index is 1140. The Morgan fingerprint density at radius 1 is 1.11 bits per heavy atom. The van der Waals surface area contributed by atoms with Crippen LogP contribution in [0.2, 0.25) is 0 Å². The van der Waals surface area contributed by atoms with E-state index in [-0.39, 0.29) is 25.1 Å². The Labute approximate surface area is 219 Å². The zero-order chi connectivity index (χ0) is 28.5. The molecule has 0 fully saturated rings. The summed E-state index contributed by atoms with van der Waals surface area (Å²) < 4.78 is 101. The standard InChI is InChI=1S/C25H27F7N2O3S/c1-23(2,22(35)36)14-37-20-12-21-19(11-18(20)25(30,31)32)34(16-8-6-15(26)7-9-16)13-17(33(3)38-21)5-4-10-24(27,28)29/h6-9,11-12,17H,4-5,10,13-14H2,1-3H3,(H,35,36). The molecule has 0 saturated heterocycles. The number of carbonyl (C=O) groups is 1. The highest BCUT2D eigenvalue weighted by atomic mass is 32.2. The predicted octanol–water partition coefficient (Wildman–Crippen LogP) is 7.53. The van der Waals surface area contributed by atoms with Crippen LogP contribution in [0.4, 0.5) is 42.1 Å². The van der Waals surface area contributed by atoms with Gasteiger partial charge in [-0.25, -0.2) is 8.70 Å². The van der Waals surface area contributed by atoms with Crippen molar-refractivity contribution in [3.63, 3.8) is 0 Å². The van der Waals surface area contributed by atoms with Crippen molar-refractivity contribution < 1.29 is 45.4 Å². The lowest BCUT2D eigenvalue weighted by molar-refractivity contribution is -0.148. The lowest BCUT2D eigenvalue weighted by Crippen LogP contribution is -2.35. The van der Waals surface area contributed by atoms with Crippen LogP contribution in [0, 0.1) is 11.2 Å². The van der Waals surface area contributed by atoms with E-state index in [0.29, 0.717) is 10.6 Å². The molecule has 0 spiro atoms. The van der Waals surface area contributed by atoms with Crippen LogP contribution in [-0.4, -0.2) is 47.8 Å². The lowest BCUT2D eigenvalue weighted by Gasteiger charge is -2.30. The molecular formula is C25H27F7N2O3S. The average Bonchev–Trinajstić information content (AvgIpc) is 2.92. The number of nitrogens with zero attached hydrogens (tertiary/aromatic N) is 2. The molecule has 0 bridgehead atoms. The van der Waals surface area contributed by atoms with Gasteiger partial charge in [0, 0.05) is 24.7 Å². The van der Waals surface area contributed by atoms with Crippen molar-refractivity contribution in [3.8, 4) is 5.75 Å². The van der Waals surface area contributed by atoms with Crippen molar-refractivity contribution in [2.45, 2.75) is 56.4 Å². The first-order valence-electron chi connectivity index (χ1n) is 11.6. The number of carboxylic acids is 1. The van der Waals surface area contributed by atoms with Crippen molar-refractivity contribution in [2.24, 2.45) is 5.41 Å². The summed E-state index contributed by atoms with van der Waals surface area (Å²) in [6.07, 6.45) is -10.3. The number of halogens is 7. The lowest BCUT2D eigenvalue weighted by atomic mass is 9.95. The van der Waals surface area contributed by atoms with Gasteiger partial charge in [0.05, 0.1) is 21.6 Å². The van der Waals surface area contributed by atoms with Crippen LogP contribution >= 0.6 is 11.9 Å². The quantitative estimate of drug-likeness (QED) is 0.263. The number of likely N-dealkylation sites (N-methyl/N-ethyl adjacent to an activating group) is 1. The van der Waals surface area contributed by atoms with E-state index in [2.05, 4.69) is 0 Å². The van der Waals surface area contributed by atoms with E-state index in [1.54, 1.807) is 11.4 Å². The highest BCUT2D eigenvalue weighted by Crippen LogP contribution is 2.48. The van der Waals surface area contributed by atoms with E-state index in [4.69, 9.17) is 4.74 Å². The van der Waals surface area contributed by atoms with E-state index in [1.165, 1.54) is 30.9 Å². The summed E-state index contributed by atoms with van der Waals surface area (Å²) >= 11 is 1.05. The summed E-state index contributed by atoms with van der Waals surface area (Å²) in [5, 5.41) is 9.33. The molecule has 1 unspecified atom stereocenters. The van der Waals surface area contributed by atoms with Crippen molar-refractivity contribution in [1.82, 2.24) is 4.31 Å². The second-order valence-corrected chi connectivity index (χ2v) is 10.9. The number of alkyl halides is 6. The summed E-state index contributed by atoms with van der Waals surface area (Å²) in [4.78, 5) is 13.3. The van der Waals surface area contributed by atoms with Crippen molar-refractivity contribution in [2.75, 3.05) is 25.1 Å².